The number of nitrogens with two attached hydrogens (primary N) is 1. The average molecular weight is 228 g/mol. The molecule has 92 valence electrons. The topological polar surface area (TPSA) is 83.6 Å². The van der Waals surface area contributed by atoms with Crippen molar-refractivity contribution in [3.63, 3.8) is 0 Å². The van der Waals surface area contributed by atoms with Gasteiger partial charge in [-0.05, 0) is 25.9 Å². The predicted octanol–water partition coefficient (Wildman–Crippen LogP) is 0.437. The molecule has 5 nitrogen and oxygen atoms in total. The molecule has 0 radical (unpaired) electrons. The van der Waals surface area contributed by atoms with Gasteiger partial charge in [-0.15, -0.1) is 0 Å². The van der Waals surface area contributed by atoms with Crippen LogP contribution in [0.25, 0.3) is 0 Å². The van der Waals surface area contributed by atoms with Gasteiger partial charge in [0, 0.05) is 12.5 Å². The second-order valence-electron chi connectivity index (χ2n) is 4.36. The molecule has 16 heavy (non-hydrogen) atoms. The van der Waals surface area contributed by atoms with Gasteiger partial charge in [0.15, 0.2) is 0 Å². The second kappa shape index (κ2) is 5.84. The number of carbonyl (C=O) groups excluding carboxylic acids is 1. The van der Waals surface area contributed by atoms with E-state index in [2.05, 4.69) is 11.8 Å². The van der Waals surface area contributed by atoms with Gasteiger partial charge in [0.1, 0.15) is 0 Å². The first-order valence-corrected chi connectivity index (χ1v) is 5.81. The summed E-state index contributed by atoms with van der Waals surface area (Å²) in [6, 6.07) is -0.207. The molecular formula is C11H20N2O3. The minimum Gasteiger partial charge on any atom is -0.481 e. The quantitative estimate of drug-likeness (QED) is 0.691. The van der Waals surface area contributed by atoms with Gasteiger partial charge in [-0.1, -0.05) is 13.3 Å². The lowest BCUT2D eigenvalue weighted by Crippen LogP contribution is -2.39. The zero-order valence-electron chi connectivity index (χ0n) is 9.69. The van der Waals surface area contributed by atoms with Crippen molar-refractivity contribution >= 4 is 11.9 Å². The van der Waals surface area contributed by atoms with Crippen LogP contribution in [0.4, 0.5) is 0 Å². The number of rotatable bonds is 6. The SMILES string of the molecule is CCCCN1CCC(C(=O)O)C1CC(N)=O. The number of hydrogen-bond acceptors (Lipinski definition) is 3. The summed E-state index contributed by atoms with van der Waals surface area (Å²) in [6.45, 7) is 3.71. The van der Waals surface area contributed by atoms with E-state index in [0.717, 1.165) is 25.9 Å². The summed E-state index contributed by atoms with van der Waals surface area (Å²) < 4.78 is 0. The minimum absolute atomic E-state index is 0.153. The van der Waals surface area contributed by atoms with Crippen LogP contribution in [0.2, 0.25) is 0 Å². The number of carbonyl (C=O) groups is 2. The van der Waals surface area contributed by atoms with Crippen LogP contribution in [0.15, 0.2) is 0 Å². The van der Waals surface area contributed by atoms with Gasteiger partial charge in [-0.25, -0.2) is 0 Å². The van der Waals surface area contributed by atoms with Gasteiger partial charge >= 0.3 is 5.97 Å². The van der Waals surface area contributed by atoms with E-state index in [1.807, 2.05) is 0 Å². The summed E-state index contributed by atoms with van der Waals surface area (Å²) in [7, 11) is 0. The molecule has 1 saturated heterocycles. The lowest BCUT2D eigenvalue weighted by Gasteiger charge is -2.25. The van der Waals surface area contributed by atoms with Crippen LogP contribution in [0.3, 0.4) is 0 Å². The number of carboxylic acids is 1. The molecule has 1 aliphatic rings. The molecule has 1 amide bonds. The standard InChI is InChI=1S/C11H20N2O3/c1-2-3-5-13-6-4-8(11(15)16)9(13)7-10(12)14/h8-9H,2-7H2,1H3,(H2,12,14)(H,15,16). The monoisotopic (exact) mass is 228 g/mol. The highest BCUT2D eigenvalue weighted by Gasteiger charge is 2.38. The molecule has 0 aromatic rings. The number of likely N-dealkylation sites (tertiary alicyclic amines) is 1. The van der Waals surface area contributed by atoms with Crippen LogP contribution in [0.5, 0.6) is 0 Å². The molecule has 0 bridgehead atoms. The van der Waals surface area contributed by atoms with Crippen molar-refractivity contribution in [2.45, 2.75) is 38.6 Å². The smallest absolute Gasteiger partial charge is 0.308 e. The van der Waals surface area contributed by atoms with E-state index in [1.54, 1.807) is 0 Å². The number of amides is 1. The van der Waals surface area contributed by atoms with Crippen molar-refractivity contribution in [3.05, 3.63) is 0 Å². The Morgan fingerprint density at radius 3 is 2.69 bits per heavy atom. The summed E-state index contributed by atoms with van der Waals surface area (Å²) in [5.41, 5.74) is 5.17. The van der Waals surface area contributed by atoms with E-state index < -0.39 is 17.8 Å². The van der Waals surface area contributed by atoms with Crippen molar-refractivity contribution in [2.75, 3.05) is 13.1 Å². The molecule has 1 heterocycles. The molecule has 5 heteroatoms. The molecule has 0 aromatic heterocycles. The zero-order chi connectivity index (χ0) is 12.1. The Balaban J connectivity index is 2.63. The van der Waals surface area contributed by atoms with Crippen molar-refractivity contribution in [1.82, 2.24) is 4.90 Å². The van der Waals surface area contributed by atoms with Crippen LogP contribution in [0.1, 0.15) is 32.6 Å². The van der Waals surface area contributed by atoms with E-state index in [4.69, 9.17) is 10.8 Å². The van der Waals surface area contributed by atoms with Crippen molar-refractivity contribution < 1.29 is 14.7 Å². The van der Waals surface area contributed by atoms with E-state index in [9.17, 15) is 9.59 Å². The molecule has 0 aromatic carbocycles. The van der Waals surface area contributed by atoms with Crippen LogP contribution >= 0.6 is 0 Å². The normalized spacial score (nSPS) is 25.8. The third kappa shape index (κ3) is 3.20. The van der Waals surface area contributed by atoms with Gasteiger partial charge in [-0.3, -0.25) is 14.5 Å². The summed E-state index contributed by atoms with van der Waals surface area (Å²) in [5.74, 6) is -1.67. The average Bonchev–Trinajstić information content (AvgIpc) is 2.57. The van der Waals surface area contributed by atoms with Crippen LogP contribution in [-0.4, -0.2) is 41.0 Å². The molecule has 0 aliphatic carbocycles. The van der Waals surface area contributed by atoms with E-state index in [-0.39, 0.29) is 12.5 Å². The van der Waals surface area contributed by atoms with Gasteiger partial charge in [0.05, 0.1) is 5.92 Å². The lowest BCUT2D eigenvalue weighted by atomic mass is 9.97. The first kappa shape index (κ1) is 13.0. The highest BCUT2D eigenvalue weighted by Crippen LogP contribution is 2.27. The summed E-state index contributed by atoms with van der Waals surface area (Å²) in [5, 5.41) is 9.06. The molecule has 3 N–H and O–H groups in total. The Hall–Kier alpha value is -1.10. The Labute approximate surface area is 95.6 Å². The van der Waals surface area contributed by atoms with E-state index in [0.29, 0.717) is 6.42 Å². The van der Waals surface area contributed by atoms with Crippen molar-refractivity contribution in [3.8, 4) is 0 Å². The summed E-state index contributed by atoms with van der Waals surface area (Å²) in [4.78, 5) is 24.1. The molecular weight excluding hydrogens is 208 g/mol. The highest BCUT2D eigenvalue weighted by atomic mass is 16.4. The fourth-order valence-electron chi connectivity index (χ4n) is 2.32. The van der Waals surface area contributed by atoms with Crippen LogP contribution in [0, 0.1) is 5.92 Å². The minimum atomic E-state index is -0.815. The van der Waals surface area contributed by atoms with Gasteiger partial charge in [0.2, 0.25) is 5.91 Å². The Morgan fingerprint density at radius 1 is 1.50 bits per heavy atom. The van der Waals surface area contributed by atoms with Gasteiger partial charge in [-0.2, -0.15) is 0 Å². The largest absolute Gasteiger partial charge is 0.481 e. The van der Waals surface area contributed by atoms with Crippen LogP contribution in [-0.2, 0) is 9.59 Å². The molecule has 2 atom stereocenters. The van der Waals surface area contributed by atoms with Crippen LogP contribution < -0.4 is 5.73 Å². The number of hydrogen-bond donors (Lipinski definition) is 2. The summed E-state index contributed by atoms with van der Waals surface area (Å²) in [6.07, 6.45) is 2.87. The number of primary amides is 1. The Kier molecular flexibility index (Phi) is 4.73. The number of carboxylic acid groups (broad SMARTS) is 1. The van der Waals surface area contributed by atoms with Crippen molar-refractivity contribution in [2.24, 2.45) is 11.7 Å². The molecule has 0 spiro atoms. The maximum absolute atomic E-state index is 11.0. The van der Waals surface area contributed by atoms with Crippen molar-refractivity contribution in [1.29, 1.82) is 0 Å². The Morgan fingerprint density at radius 2 is 2.19 bits per heavy atom. The zero-order valence-corrected chi connectivity index (χ0v) is 9.69. The first-order chi connectivity index (χ1) is 7.56. The van der Waals surface area contributed by atoms with E-state index >= 15 is 0 Å². The number of nitrogens with zero attached hydrogens (tertiary/aromatic N) is 1. The fraction of sp³-hybridized carbons (Fsp3) is 0.818. The highest BCUT2D eigenvalue weighted by molar-refractivity contribution is 5.77. The third-order valence-corrected chi connectivity index (χ3v) is 3.19. The molecule has 2 unspecified atom stereocenters. The van der Waals surface area contributed by atoms with Gasteiger partial charge in [0.25, 0.3) is 0 Å². The molecule has 1 rings (SSSR count). The van der Waals surface area contributed by atoms with E-state index in [1.165, 1.54) is 0 Å². The number of unbranched alkanes of at least 4 members (excludes halogenated alkanes) is 1. The number of aliphatic carboxylic acids is 1. The second-order valence-corrected chi connectivity index (χ2v) is 4.36. The van der Waals surface area contributed by atoms with Gasteiger partial charge < -0.3 is 10.8 Å². The Bertz CT molecular complexity index is 268. The fourth-order valence-corrected chi connectivity index (χ4v) is 2.32. The predicted molar refractivity (Wildman–Crippen MR) is 59.8 cm³/mol. The maximum atomic E-state index is 11.0. The molecule has 0 saturated carbocycles. The maximum Gasteiger partial charge on any atom is 0.308 e. The third-order valence-electron chi connectivity index (χ3n) is 3.19. The lowest BCUT2D eigenvalue weighted by molar-refractivity contribution is -0.142. The molecule has 1 fully saturated rings. The molecule has 1 aliphatic heterocycles. The summed E-state index contributed by atoms with van der Waals surface area (Å²) >= 11 is 0. The first-order valence-electron chi connectivity index (χ1n) is 5.81.